The molecule has 2 aliphatic carbocycles. The number of rotatable bonds is 10. The fourth-order valence-electron chi connectivity index (χ4n) is 6.11. The molecule has 268 valence electrons. The van der Waals surface area contributed by atoms with Crippen molar-refractivity contribution in [1.82, 2.24) is 25.2 Å². The maximum Gasteiger partial charge on any atom is 0.408 e. The molecule has 5 unspecified atom stereocenters. The lowest BCUT2D eigenvalue weighted by Crippen LogP contribution is -2.60. The van der Waals surface area contributed by atoms with Gasteiger partial charge in [0.15, 0.2) is 0 Å². The lowest BCUT2D eigenvalue weighted by Gasteiger charge is -2.36. The minimum atomic E-state index is -3.91. The number of carbonyl (C=O) groups is 4. The van der Waals surface area contributed by atoms with Crippen molar-refractivity contribution < 1.29 is 37.1 Å². The van der Waals surface area contributed by atoms with Gasteiger partial charge in [-0.15, -0.1) is 6.58 Å². The number of sulfonamides is 1. The monoisotopic (exact) mass is 708 g/mol. The van der Waals surface area contributed by atoms with Crippen LogP contribution in [-0.4, -0.2) is 83.2 Å². The Hall–Kier alpha value is -4.71. The van der Waals surface area contributed by atoms with E-state index >= 15 is 0 Å². The van der Waals surface area contributed by atoms with Gasteiger partial charge in [-0.2, -0.15) is 5.26 Å². The van der Waals surface area contributed by atoms with Gasteiger partial charge in [-0.05, 0) is 63.0 Å². The second-order valence-corrected chi connectivity index (χ2v) is 17.2. The second-order valence-electron chi connectivity index (χ2n) is 15.3. The number of alkyl carbamates (subject to hydrolysis) is 1. The van der Waals surface area contributed by atoms with Crippen LogP contribution in [0.4, 0.5) is 4.79 Å². The van der Waals surface area contributed by atoms with Gasteiger partial charge in [0.1, 0.15) is 41.1 Å². The van der Waals surface area contributed by atoms with E-state index < -0.39 is 79.7 Å². The standard InChI is InChI=1S/C35H44N6O8S/c1-8-21-17-35(21,31(44)40-50(46,47)24-13-14-24)39-28(42)26-16-23(48-29-25-12-10-9-11-20(25)15-22(18-36)37-29)19-41(26)30(43)27(33(2,3)4)38-32(45)49-34(5,6)7/h8-12,15,21,23-24,26-27H,1,13-14,16-17,19H2,2-7H3,(H,38,45)(H,39,42)(H,40,44). The third-order valence-corrected chi connectivity index (χ3v) is 10.8. The summed E-state index contributed by atoms with van der Waals surface area (Å²) >= 11 is 0. The molecule has 14 nitrogen and oxygen atoms in total. The molecule has 2 heterocycles. The van der Waals surface area contributed by atoms with Crippen LogP contribution in [-0.2, 0) is 29.1 Å². The Morgan fingerprint density at radius 3 is 2.40 bits per heavy atom. The van der Waals surface area contributed by atoms with Gasteiger partial charge in [-0.25, -0.2) is 18.2 Å². The molecule has 1 aliphatic heterocycles. The first kappa shape index (κ1) is 36.6. The number of hydrogen-bond acceptors (Lipinski definition) is 10. The summed E-state index contributed by atoms with van der Waals surface area (Å²) in [5.74, 6) is -2.56. The summed E-state index contributed by atoms with van der Waals surface area (Å²) in [6.45, 7) is 14.0. The van der Waals surface area contributed by atoms with Crippen molar-refractivity contribution in [2.45, 2.75) is 102 Å². The summed E-state index contributed by atoms with van der Waals surface area (Å²) in [6, 6.07) is 8.50. The molecule has 0 spiro atoms. The highest BCUT2D eigenvalue weighted by atomic mass is 32.2. The van der Waals surface area contributed by atoms with E-state index in [0.29, 0.717) is 23.6 Å². The number of nitrogens with one attached hydrogen (secondary N) is 3. The number of likely N-dealkylation sites (tertiary alicyclic amines) is 1. The Balaban J connectivity index is 1.46. The van der Waals surface area contributed by atoms with Crippen molar-refractivity contribution in [3.8, 4) is 11.9 Å². The molecule has 2 aromatic rings. The van der Waals surface area contributed by atoms with Gasteiger partial charge in [0.25, 0.3) is 5.91 Å². The molecule has 5 atom stereocenters. The van der Waals surface area contributed by atoms with E-state index in [9.17, 15) is 32.9 Å². The van der Waals surface area contributed by atoms with Gasteiger partial charge in [-0.3, -0.25) is 19.1 Å². The van der Waals surface area contributed by atoms with Crippen molar-refractivity contribution in [1.29, 1.82) is 5.26 Å². The zero-order valence-electron chi connectivity index (χ0n) is 29.1. The van der Waals surface area contributed by atoms with Crippen LogP contribution in [0.3, 0.4) is 0 Å². The van der Waals surface area contributed by atoms with Gasteiger partial charge in [-0.1, -0.05) is 45.0 Å². The molecule has 5 rings (SSSR count). The zero-order chi connectivity index (χ0) is 36.8. The summed E-state index contributed by atoms with van der Waals surface area (Å²) in [6.07, 6.45) is 0.841. The maximum atomic E-state index is 14.4. The molecule has 1 aromatic carbocycles. The predicted molar refractivity (Wildman–Crippen MR) is 183 cm³/mol. The van der Waals surface area contributed by atoms with Crippen molar-refractivity contribution >= 4 is 44.6 Å². The summed E-state index contributed by atoms with van der Waals surface area (Å²) in [5, 5.41) is 15.7. The molecule has 3 N–H and O–H groups in total. The smallest absolute Gasteiger partial charge is 0.408 e. The lowest BCUT2D eigenvalue weighted by molar-refractivity contribution is -0.143. The Bertz CT molecular complexity index is 1870. The summed E-state index contributed by atoms with van der Waals surface area (Å²) < 4.78 is 39.2. The van der Waals surface area contributed by atoms with Crippen LogP contribution in [0.25, 0.3) is 10.8 Å². The third kappa shape index (κ3) is 7.85. The Labute approximate surface area is 292 Å². The Morgan fingerprint density at radius 2 is 1.82 bits per heavy atom. The molecule has 50 heavy (non-hydrogen) atoms. The van der Waals surface area contributed by atoms with Crippen LogP contribution in [0.1, 0.15) is 72.9 Å². The zero-order valence-corrected chi connectivity index (χ0v) is 29.9. The highest BCUT2D eigenvalue weighted by Crippen LogP contribution is 2.45. The van der Waals surface area contributed by atoms with Gasteiger partial charge in [0, 0.05) is 17.7 Å². The third-order valence-electron chi connectivity index (χ3n) is 8.97. The first-order chi connectivity index (χ1) is 23.3. The number of carbonyl (C=O) groups excluding carboxylic acids is 4. The number of aromatic nitrogens is 1. The summed E-state index contributed by atoms with van der Waals surface area (Å²) in [7, 11) is -3.91. The fraction of sp³-hybridized carbons (Fsp3) is 0.543. The molecule has 2 saturated carbocycles. The van der Waals surface area contributed by atoms with E-state index in [2.05, 4.69) is 26.9 Å². The van der Waals surface area contributed by atoms with Gasteiger partial charge in [0.05, 0.1) is 11.8 Å². The number of nitrogens with zero attached hydrogens (tertiary/aromatic N) is 3. The highest BCUT2D eigenvalue weighted by Gasteiger charge is 2.62. The normalized spacial score (nSPS) is 24.0. The largest absolute Gasteiger partial charge is 0.472 e. The molecule has 15 heteroatoms. The van der Waals surface area contributed by atoms with Gasteiger partial charge < -0.3 is 25.0 Å². The molecule has 0 bridgehead atoms. The fourth-order valence-corrected chi connectivity index (χ4v) is 7.47. The number of ether oxygens (including phenoxy) is 2. The number of hydrogen-bond donors (Lipinski definition) is 3. The van der Waals surface area contributed by atoms with Crippen LogP contribution < -0.4 is 20.1 Å². The van der Waals surface area contributed by atoms with Gasteiger partial charge in [0.2, 0.25) is 27.7 Å². The maximum absolute atomic E-state index is 14.4. The van der Waals surface area contributed by atoms with E-state index in [-0.39, 0.29) is 31.0 Å². The number of fused-ring (bicyclic) bond motifs is 1. The van der Waals surface area contributed by atoms with E-state index in [4.69, 9.17) is 9.47 Å². The highest BCUT2D eigenvalue weighted by molar-refractivity contribution is 7.91. The summed E-state index contributed by atoms with van der Waals surface area (Å²) in [4.78, 5) is 60.6. The van der Waals surface area contributed by atoms with E-state index in [0.717, 1.165) is 0 Å². The second kappa shape index (κ2) is 13.2. The molecule has 1 aromatic heterocycles. The first-order valence-electron chi connectivity index (χ1n) is 16.5. The Kier molecular flexibility index (Phi) is 9.66. The van der Waals surface area contributed by atoms with Crippen LogP contribution in [0, 0.1) is 22.7 Å². The quantitative estimate of drug-likeness (QED) is 0.309. The van der Waals surface area contributed by atoms with Crippen molar-refractivity contribution in [2.24, 2.45) is 11.3 Å². The number of amides is 4. The van der Waals surface area contributed by atoms with Crippen LogP contribution >= 0.6 is 0 Å². The SMILES string of the molecule is C=CC1CC1(NC(=O)C1CC(Oc2nc(C#N)cc3ccccc23)CN1C(=O)C(NC(=O)OC(C)(C)C)C(C)(C)C)C(=O)NS(=O)(=O)C1CC1. The van der Waals surface area contributed by atoms with Crippen molar-refractivity contribution in [3.05, 3.63) is 48.7 Å². The molecular formula is C35H44N6O8S. The minimum absolute atomic E-state index is 0.0372. The van der Waals surface area contributed by atoms with Crippen LogP contribution in [0.2, 0.25) is 0 Å². The van der Waals surface area contributed by atoms with Gasteiger partial charge >= 0.3 is 6.09 Å². The Morgan fingerprint density at radius 1 is 1.14 bits per heavy atom. The van der Waals surface area contributed by atoms with Crippen LogP contribution in [0.5, 0.6) is 5.88 Å². The van der Waals surface area contributed by atoms with E-state index in [1.54, 1.807) is 65.8 Å². The average molecular weight is 709 g/mol. The predicted octanol–water partition coefficient (Wildman–Crippen LogP) is 3.06. The number of benzene rings is 1. The topological polar surface area (TPSA) is 197 Å². The van der Waals surface area contributed by atoms with Crippen LogP contribution in [0.15, 0.2) is 43.0 Å². The first-order valence-corrected chi connectivity index (χ1v) is 18.1. The van der Waals surface area contributed by atoms with Crippen molar-refractivity contribution in [2.75, 3.05) is 6.54 Å². The van der Waals surface area contributed by atoms with E-state index in [1.165, 1.54) is 11.0 Å². The molecule has 3 aliphatic rings. The molecule has 3 fully saturated rings. The summed E-state index contributed by atoms with van der Waals surface area (Å²) in [5.41, 5.74) is -3.14. The molecule has 1 saturated heterocycles. The lowest BCUT2D eigenvalue weighted by atomic mass is 9.85. The van der Waals surface area contributed by atoms with E-state index in [1.807, 2.05) is 12.1 Å². The number of pyridine rings is 1. The number of nitriles is 1. The molecule has 0 radical (unpaired) electrons. The molecular weight excluding hydrogens is 664 g/mol. The average Bonchev–Trinajstić information content (AvgIpc) is 3.95. The molecule has 4 amide bonds. The van der Waals surface area contributed by atoms with Crippen molar-refractivity contribution in [3.63, 3.8) is 0 Å². The minimum Gasteiger partial charge on any atom is -0.472 e.